The van der Waals surface area contributed by atoms with Crippen LogP contribution in [0.25, 0.3) is 12.2 Å². The van der Waals surface area contributed by atoms with Gasteiger partial charge in [-0.1, -0.05) is 66.7 Å². The van der Waals surface area contributed by atoms with Crippen molar-refractivity contribution >= 4 is 30.1 Å². The lowest BCUT2D eigenvalue weighted by Gasteiger charge is -2.27. The molecule has 0 N–H and O–H groups in total. The molecule has 0 aromatic heterocycles. The van der Waals surface area contributed by atoms with Gasteiger partial charge in [0.25, 0.3) is 5.41 Å². The first-order chi connectivity index (χ1) is 15.0. The van der Waals surface area contributed by atoms with E-state index in [0.29, 0.717) is 5.56 Å². The van der Waals surface area contributed by atoms with Crippen LogP contribution < -0.4 is 0 Å². The summed E-state index contributed by atoms with van der Waals surface area (Å²) in [5, 5.41) is 0. The molecule has 0 aliphatic heterocycles. The second-order valence-corrected chi connectivity index (χ2v) is 6.73. The van der Waals surface area contributed by atoms with E-state index in [0.717, 1.165) is 11.1 Å². The van der Waals surface area contributed by atoms with Gasteiger partial charge in [-0.25, -0.2) is 0 Å². The van der Waals surface area contributed by atoms with Crippen molar-refractivity contribution in [2.75, 3.05) is 19.8 Å². The zero-order valence-electron chi connectivity index (χ0n) is 18.1. The Morgan fingerprint density at radius 3 is 1.52 bits per heavy atom. The fraction of sp³-hybridized carbons (Fsp3) is 0.320. The smallest absolute Gasteiger partial charge is 0.335 e. The van der Waals surface area contributed by atoms with Crippen LogP contribution in [0.2, 0.25) is 0 Å². The average molecular weight is 424 g/mol. The molecule has 6 nitrogen and oxygen atoms in total. The van der Waals surface area contributed by atoms with Gasteiger partial charge in [-0.3, -0.25) is 14.4 Å². The van der Waals surface area contributed by atoms with Gasteiger partial charge in [-0.15, -0.1) is 0 Å². The highest BCUT2D eigenvalue weighted by molar-refractivity contribution is 6.18. The first kappa shape index (κ1) is 23.9. The molecule has 0 amide bonds. The van der Waals surface area contributed by atoms with Crippen LogP contribution in [0.1, 0.15) is 37.5 Å². The molecular weight excluding hydrogens is 396 g/mol. The van der Waals surface area contributed by atoms with E-state index in [-0.39, 0.29) is 26.2 Å². The van der Waals surface area contributed by atoms with Crippen LogP contribution in [-0.2, 0) is 35.0 Å². The van der Waals surface area contributed by atoms with Crippen molar-refractivity contribution in [1.29, 1.82) is 0 Å². The topological polar surface area (TPSA) is 78.9 Å². The minimum atomic E-state index is -2.20. The van der Waals surface area contributed by atoms with Crippen LogP contribution in [0.5, 0.6) is 0 Å². The van der Waals surface area contributed by atoms with Crippen molar-refractivity contribution in [1.82, 2.24) is 0 Å². The number of ether oxygens (including phenoxy) is 3. The monoisotopic (exact) mass is 424 g/mol. The van der Waals surface area contributed by atoms with E-state index in [1.54, 1.807) is 32.9 Å². The molecule has 6 heteroatoms. The van der Waals surface area contributed by atoms with Crippen molar-refractivity contribution in [2.24, 2.45) is 5.41 Å². The standard InChI is InChI=1S/C25H28O6/c1-4-29-22(26)25(23(27)30-5-2,24(28)31-6-3)18-21-16-14-20(15-17-21)13-12-19-10-8-7-9-11-19/h7-17H,4-6,18H2,1-3H3. The van der Waals surface area contributed by atoms with Crippen LogP contribution in [0, 0.1) is 5.41 Å². The van der Waals surface area contributed by atoms with Crippen LogP contribution >= 0.6 is 0 Å². The van der Waals surface area contributed by atoms with Crippen LogP contribution in [0.4, 0.5) is 0 Å². The number of benzene rings is 2. The second kappa shape index (κ2) is 11.7. The highest BCUT2D eigenvalue weighted by Gasteiger charge is 2.57. The van der Waals surface area contributed by atoms with Crippen molar-refractivity contribution in [3.8, 4) is 0 Å². The molecule has 2 aromatic rings. The molecule has 0 saturated carbocycles. The van der Waals surface area contributed by atoms with E-state index in [1.807, 2.05) is 54.6 Å². The summed E-state index contributed by atoms with van der Waals surface area (Å²) < 4.78 is 15.2. The number of rotatable bonds is 10. The van der Waals surface area contributed by atoms with Gasteiger partial charge in [0, 0.05) is 6.42 Å². The van der Waals surface area contributed by atoms with Gasteiger partial charge in [0.1, 0.15) is 0 Å². The first-order valence-electron chi connectivity index (χ1n) is 10.3. The molecule has 2 aromatic carbocycles. The maximum Gasteiger partial charge on any atom is 0.335 e. The number of esters is 3. The molecule has 0 bridgehead atoms. The summed E-state index contributed by atoms with van der Waals surface area (Å²) in [6.45, 7) is 4.86. The normalized spacial score (nSPS) is 11.2. The third kappa shape index (κ3) is 6.04. The summed E-state index contributed by atoms with van der Waals surface area (Å²) in [6.07, 6.45) is 3.72. The molecule has 0 aliphatic rings. The SMILES string of the molecule is CCOC(=O)C(Cc1ccc(C=Cc2ccccc2)cc1)(C(=O)OCC)C(=O)OCC. The largest absolute Gasteiger partial charge is 0.465 e. The fourth-order valence-corrected chi connectivity index (χ4v) is 3.04. The van der Waals surface area contributed by atoms with Gasteiger partial charge >= 0.3 is 17.9 Å². The predicted octanol–water partition coefficient (Wildman–Crippen LogP) is 4.08. The van der Waals surface area contributed by atoms with Crippen LogP contribution in [0.15, 0.2) is 54.6 Å². The number of hydrogen-bond acceptors (Lipinski definition) is 6. The van der Waals surface area contributed by atoms with Crippen molar-refractivity contribution < 1.29 is 28.6 Å². The quantitative estimate of drug-likeness (QED) is 0.248. The summed E-state index contributed by atoms with van der Waals surface area (Å²) in [7, 11) is 0. The van der Waals surface area contributed by atoms with Crippen molar-refractivity contribution in [2.45, 2.75) is 27.2 Å². The number of hydrogen-bond donors (Lipinski definition) is 0. The molecule has 0 saturated heterocycles. The van der Waals surface area contributed by atoms with Crippen LogP contribution in [-0.4, -0.2) is 37.7 Å². The summed E-state index contributed by atoms with van der Waals surface area (Å²) >= 11 is 0. The van der Waals surface area contributed by atoms with E-state index in [4.69, 9.17) is 14.2 Å². The Morgan fingerprint density at radius 2 is 1.10 bits per heavy atom. The van der Waals surface area contributed by atoms with E-state index in [2.05, 4.69) is 0 Å². The lowest BCUT2D eigenvalue weighted by Crippen LogP contribution is -2.51. The predicted molar refractivity (Wildman–Crippen MR) is 118 cm³/mol. The average Bonchev–Trinajstić information content (AvgIpc) is 2.78. The molecule has 0 atom stereocenters. The van der Waals surface area contributed by atoms with Crippen molar-refractivity contribution in [3.05, 3.63) is 71.3 Å². The van der Waals surface area contributed by atoms with Crippen molar-refractivity contribution in [3.63, 3.8) is 0 Å². The van der Waals surface area contributed by atoms with Crippen LogP contribution in [0.3, 0.4) is 0 Å². The van der Waals surface area contributed by atoms with Gasteiger partial charge < -0.3 is 14.2 Å². The van der Waals surface area contributed by atoms with Gasteiger partial charge in [0.2, 0.25) is 0 Å². The second-order valence-electron chi connectivity index (χ2n) is 6.73. The summed E-state index contributed by atoms with van der Waals surface area (Å²) in [5.74, 6) is -2.92. The summed E-state index contributed by atoms with van der Waals surface area (Å²) in [4.78, 5) is 38.4. The Labute approximate surface area is 182 Å². The Morgan fingerprint density at radius 1 is 0.677 bits per heavy atom. The van der Waals surface area contributed by atoms with E-state index in [1.165, 1.54) is 0 Å². The zero-order chi connectivity index (χ0) is 22.7. The highest BCUT2D eigenvalue weighted by Crippen LogP contribution is 2.30. The molecule has 0 aliphatic carbocycles. The third-order valence-electron chi connectivity index (χ3n) is 4.59. The summed E-state index contributed by atoms with van der Waals surface area (Å²) in [5.41, 5.74) is 0.397. The molecular formula is C25H28O6. The van der Waals surface area contributed by atoms with E-state index < -0.39 is 23.3 Å². The zero-order valence-corrected chi connectivity index (χ0v) is 18.1. The minimum Gasteiger partial charge on any atom is -0.465 e. The maximum absolute atomic E-state index is 12.8. The Kier molecular flexibility index (Phi) is 9.00. The van der Waals surface area contributed by atoms with E-state index >= 15 is 0 Å². The Bertz CT molecular complexity index is 854. The molecule has 0 unspecified atom stereocenters. The minimum absolute atomic E-state index is 0.0165. The third-order valence-corrected chi connectivity index (χ3v) is 4.59. The molecule has 0 fully saturated rings. The van der Waals surface area contributed by atoms with Gasteiger partial charge in [0.15, 0.2) is 0 Å². The fourth-order valence-electron chi connectivity index (χ4n) is 3.04. The molecule has 0 radical (unpaired) electrons. The number of carbonyl (C=O) groups excluding carboxylic acids is 3. The molecule has 0 spiro atoms. The first-order valence-corrected chi connectivity index (χ1v) is 10.3. The molecule has 2 rings (SSSR count). The maximum atomic E-state index is 12.8. The van der Waals surface area contributed by atoms with E-state index in [9.17, 15) is 14.4 Å². The van der Waals surface area contributed by atoms with Gasteiger partial charge in [-0.05, 0) is 37.5 Å². The number of carbonyl (C=O) groups is 3. The lowest BCUT2D eigenvalue weighted by molar-refractivity contribution is -0.183. The molecule has 31 heavy (non-hydrogen) atoms. The highest BCUT2D eigenvalue weighted by atomic mass is 16.6. The molecule has 164 valence electrons. The Hall–Kier alpha value is -3.41. The molecule has 0 heterocycles. The lowest BCUT2D eigenvalue weighted by atomic mass is 9.81. The van der Waals surface area contributed by atoms with Gasteiger partial charge in [0.05, 0.1) is 19.8 Å². The summed E-state index contributed by atoms with van der Waals surface area (Å²) in [6, 6.07) is 17.1. The Balaban J connectivity index is 2.34. The van der Waals surface area contributed by atoms with Gasteiger partial charge in [-0.2, -0.15) is 0 Å².